The Balaban J connectivity index is 2.04. The Kier molecular flexibility index (Phi) is 2.94. The van der Waals surface area contributed by atoms with Crippen LogP contribution in [0.15, 0.2) is 5.38 Å². The quantitative estimate of drug-likeness (QED) is 0.730. The zero-order valence-electron chi connectivity index (χ0n) is 7.91. The zero-order chi connectivity index (χ0) is 10.8. The van der Waals surface area contributed by atoms with Crippen molar-refractivity contribution in [2.45, 2.75) is 25.1 Å². The summed E-state index contributed by atoms with van der Waals surface area (Å²) in [6.45, 7) is 0.818. The number of carbonyl (C=O) groups is 1. The monoisotopic (exact) mass is 229 g/mol. The third-order valence-corrected chi connectivity index (χ3v) is 2.99. The van der Waals surface area contributed by atoms with E-state index in [0.717, 1.165) is 5.69 Å². The van der Waals surface area contributed by atoms with Crippen molar-refractivity contribution in [1.82, 2.24) is 14.5 Å². The second-order valence-corrected chi connectivity index (χ2v) is 4.18. The molecule has 2 rings (SSSR count). The molecule has 2 unspecified atom stereocenters. The van der Waals surface area contributed by atoms with Gasteiger partial charge in [0.05, 0.1) is 11.8 Å². The third-order valence-electron chi connectivity index (χ3n) is 2.44. The molecular formula is C8H11N3O3S. The summed E-state index contributed by atoms with van der Waals surface area (Å²) in [5, 5.41) is 24.0. The predicted octanol–water partition coefficient (Wildman–Crippen LogP) is -0.442. The van der Waals surface area contributed by atoms with Crippen molar-refractivity contribution < 1.29 is 15.0 Å². The van der Waals surface area contributed by atoms with Crippen LogP contribution in [-0.4, -0.2) is 49.4 Å². The minimum atomic E-state index is -0.894. The molecule has 6 nitrogen and oxygen atoms in total. The summed E-state index contributed by atoms with van der Waals surface area (Å²) in [7, 11) is 0. The van der Waals surface area contributed by atoms with Gasteiger partial charge in [-0.05, 0) is 11.5 Å². The normalized spacial score (nSPS) is 27.0. The molecule has 1 aromatic heterocycles. The molecule has 0 aliphatic carbocycles. The van der Waals surface area contributed by atoms with Crippen LogP contribution >= 0.6 is 11.5 Å². The molecule has 2 heterocycles. The molecule has 1 saturated heterocycles. The van der Waals surface area contributed by atoms with Gasteiger partial charge in [-0.3, -0.25) is 9.69 Å². The van der Waals surface area contributed by atoms with Gasteiger partial charge in [-0.1, -0.05) is 4.49 Å². The number of aliphatic carboxylic acids is 1. The number of carboxylic acid groups (broad SMARTS) is 1. The fourth-order valence-corrected chi connectivity index (χ4v) is 2.21. The summed E-state index contributed by atoms with van der Waals surface area (Å²) < 4.78 is 3.71. The van der Waals surface area contributed by atoms with Crippen LogP contribution in [0.1, 0.15) is 12.1 Å². The SMILES string of the molecule is O=C(O)C1CC(O)CN1Cc1csnn1. The lowest BCUT2D eigenvalue weighted by Gasteiger charge is -2.18. The second kappa shape index (κ2) is 4.21. The minimum absolute atomic E-state index is 0.285. The molecule has 0 radical (unpaired) electrons. The average Bonchev–Trinajstić information content (AvgIpc) is 2.75. The highest BCUT2D eigenvalue weighted by atomic mass is 32.1. The Morgan fingerprint density at radius 1 is 1.73 bits per heavy atom. The first kappa shape index (κ1) is 10.5. The molecule has 82 valence electrons. The largest absolute Gasteiger partial charge is 0.480 e. The van der Waals surface area contributed by atoms with Gasteiger partial charge in [-0.25, -0.2) is 0 Å². The summed E-state index contributed by atoms with van der Waals surface area (Å²) in [6.07, 6.45) is -0.273. The number of β-amino-alcohol motifs (C(OH)–C–C–N with tert-alkyl or cyclic N) is 1. The number of hydrogen-bond donors (Lipinski definition) is 2. The molecule has 1 aromatic rings. The summed E-state index contributed by atoms with van der Waals surface area (Å²) in [5.41, 5.74) is 0.750. The van der Waals surface area contributed by atoms with E-state index >= 15 is 0 Å². The summed E-state index contributed by atoms with van der Waals surface area (Å²) in [6, 6.07) is -0.610. The van der Waals surface area contributed by atoms with Crippen LogP contribution in [0.25, 0.3) is 0 Å². The highest BCUT2D eigenvalue weighted by Crippen LogP contribution is 2.20. The van der Waals surface area contributed by atoms with Crippen LogP contribution in [0.5, 0.6) is 0 Å². The highest BCUT2D eigenvalue weighted by molar-refractivity contribution is 7.03. The topological polar surface area (TPSA) is 86.5 Å². The molecule has 7 heteroatoms. The van der Waals surface area contributed by atoms with Crippen LogP contribution in [0.4, 0.5) is 0 Å². The van der Waals surface area contributed by atoms with Gasteiger partial charge in [0.2, 0.25) is 0 Å². The Morgan fingerprint density at radius 2 is 2.53 bits per heavy atom. The van der Waals surface area contributed by atoms with Gasteiger partial charge in [0.15, 0.2) is 0 Å². The molecular weight excluding hydrogens is 218 g/mol. The number of nitrogens with zero attached hydrogens (tertiary/aromatic N) is 3. The van der Waals surface area contributed by atoms with E-state index in [1.54, 1.807) is 10.3 Å². The molecule has 2 atom stereocenters. The molecule has 2 N–H and O–H groups in total. The van der Waals surface area contributed by atoms with E-state index in [2.05, 4.69) is 9.59 Å². The standard InChI is InChI=1S/C8H11N3O3S/c12-6-1-7(8(13)14)11(3-6)2-5-4-15-10-9-5/h4,6-7,12H,1-3H2,(H,13,14). The molecule has 1 aliphatic rings. The Hall–Kier alpha value is -1.05. The van der Waals surface area contributed by atoms with E-state index < -0.39 is 18.1 Å². The number of rotatable bonds is 3. The fraction of sp³-hybridized carbons (Fsp3) is 0.625. The van der Waals surface area contributed by atoms with E-state index in [-0.39, 0.29) is 6.42 Å². The molecule has 0 aromatic carbocycles. The summed E-state index contributed by atoms with van der Waals surface area (Å²) in [4.78, 5) is 12.6. The summed E-state index contributed by atoms with van der Waals surface area (Å²) in [5.74, 6) is -0.894. The lowest BCUT2D eigenvalue weighted by atomic mass is 10.2. The second-order valence-electron chi connectivity index (χ2n) is 3.57. The molecule has 0 amide bonds. The van der Waals surface area contributed by atoms with E-state index in [1.165, 1.54) is 11.5 Å². The first-order valence-electron chi connectivity index (χ1n) is 4.57. The van der Waals surface area contributed by atoms with Crippen molar-refractivity contribution in [3.05, 3.63) is 11.1 Å². The number of aliphatic hydroxyl groups is 1. The van der Waals surface area contributed by atoms with Crippen molar-refractivity contribution in [2.75, 3.05) is 6.54 Å². The van der Waals surface area contributed by atoms with Gasteiger partial charge >= 0.3 is 5.97 Å². The lowest BCUT2D eigenvalue weighted by molar-refractivity contribution is -0.142. The zero-order valence-corrected chi connectivity index (χ0v) is 8.72. The molecule has 0 spiro atoms. The molecule has 1 fully saturated rings. The van der Waals surface area contributed by atoms with E-state index in [0.29, 0.717) is 13.1 Å². The molecule has 15 heavy (non-hydrogen) atoms. The van der Waals surface area contributed by atoms with Crippen molar-refractivity contribution in [3.63, 3.8) is 0 Å². The van der Waals surface area contributed by atoms with E-state index in [1.807, 2.05) is 0 Å². The first-order valence-corrected chi connectivity index (χ1v) is 5.41. The van der Waals surface area contributed by atoms with Crippen LogP contribution in [0.3, 0.4) is 0 Å². The number of aromatic nitrogens is 2. The molecule has 0 bridgehead atoms. The van der Waals surface area contributed by atoms with Gasteiger partial charge in [0.1, 0.15) is 6.04 Å². The van der Waals surface area contributed by atoms with Crippen LogP contribution < -0.4 is 0 Å². The van der Waals surface area contributed by atoms with Crippen molar-refractivity contribution in [3.8, 4) is 0 Å². The van der Waals surface area contributed by atoms with E-state index in [9.17, 15) is 9.90 Å². The number of carboxylic acids is 1. The van der Waals surface area contributed by atoms with Gasteiger partial charge in [-0.15, -0.1) is 5.10 Å². The van der Waals surface area contributed by atoms with Gasteiger partial charge in [0, 0.05) is 24.9 Å². The Bertz CT molecular complexity index is 343. The minimum Gasteiger partial charge on any atom is -0.480 e. The van der Waals surface area contributed by atoms with Crippen molar-refractivity contribution in [1.29, 1.82) is 0 Å². The van der Waals surface area contributed by atoms with Gasteiger partial charge < -0.3 is 10.2 Å². The summed E-state index contributed by atoms with van der Waals surface area (Å²) >= 11 is 1.24. The lowest BCUT2D eigenvalue weighted by Crippen LogP contribution is -2.35. The smallest absolute Gasteiger partial charge is 0.321 e. The first-order chi connectivity index (χ1) is 7.16. The van der Waals surface area contributed by atoms with Gasteiger partial charge in [0.25, 0.3) is 0 Å². The fourth-order valence-electron chi connectivity index (χ4n) is 1.77. The third kappa shape index (κ3) is 2.31. The van der Waals surface area contributed by atoms with E-state index in [4.69, 9.17) is 5.11 Å². The average molecular weight is 229 g/mol. The molecule has 0 saturated carbocycles. The predicted molar refractivity (Wildman–Crippen MR) is 52.4 cm³/mol. The Labute approximate surface area is 90.3 Å². The van der Waals surface area contributed by atoms with Crippen LogP contribution in [0.2, 0.25) is 0 Å². The number of likely N-dealkylation sites (tertiary alicyclic amines) is 1. The maximum atomic E-state index is 10.9. The maximum absolute atomic E-state index is 10.9. The van der Waals surface area contributed by atoms with Gasteiger partial charge in [-0.2, -0.15) is 0 Å². The molecule has 1 aliphatic heterocycles. The van der Waals surface area contributed by atoms with Crippen LogP contribution in [-0.2, 0) is 11.3 Å². The van der Waals surface area contributed by atoms with Crippen molar-refractivity contribution >= 4 is 17.5 Å². The van der Waals surface area contributed by atoms with Crippen LogP contribution in [0, 0.1) is 0 Å². The Morgan fingerprint density at radius 3 is 3.13 bits per heavy atom. The maximum Gasteiger partial charge on any atom is 0.321 e. The van der Waals surface area contributed by atoms with Crippen molar-refractivity contribution in [2.24, 2.45) is 0 Å². The number of aliphatic hydroxyl groups excluding tert-OH is 1. The highest BCUT2D eigenvalue weighted by Gasteiger charge is 2.36. The number of hydrogen-bond acceptors (Lipinski definition) is 6.